The zero-order valence-corrected chi connectivity index (χ0v) is 18.2. The molecule has 32 heavy (non-hydrogen) atoms. The number of carbonyl (C=O) groups excluding carboxylic acids is 1. The van der Waals surface area contributed by atoms with E-state index in [-0.39, 0.29) is 5.92 Å². The average Bonchev–Trinajstić information content (AvgIpc) is 2.82. The molecule has 164 valence electrons. The maximum atomic E-state index is 12.9. The molecule has 3 aromatic rings. The van der Waals surface area contributed by atoms with E-state index in [1.165, 1.54) is 0 Å². The first kappa shape index (κ1) is 22.6. The average molecular weight is 431 g/mol. The number of pyridine rings is 1. The fourth-order valence-corrected chi connectivity index (χ4v) is 2.95. The van der Waals surface area contributed by atoms with Gasteiger partial charge in [-0.05, 0) is 48.4 Å². The summed E-state index contributed by atoms with van der Waals surface area (Å²) in [6, 6.07) is 22.8. The Labute approximate surface area is 187 Å². The third kappa shape index (κ3) is 5.99. The molecule has 0 amide bonds. The van der Waals surface area contributed by atoms with Crippen LogP contribution < -0.4 is 14.8 Å². The van der Waals surface area contributed by atoms with Crippen LogP contribution in [0.5, 0.6) is 17.4 Å². The molecule has 0 spiro atoms. The number of nitrogens with one attached hydrogen (secondary N) is 1. The molecule has 7 nitrogen and oxygen atoms in total. The van der Waals surface area contributed by atoms with Gasteiger partial charge in [-0.15, -0.1) is 0 Å². The lowest BCUT2D eigenvalue weighted by Gasteiger charge is -2.23. The highest BCUT2D eigenvalue weighted by molar-refractivity contribution is 5.80. The van der Waals surface area contributed by atoms with Gasteiger partial charge in [0.2, 0.25) is 12.0 Å². The van der Waals surface area contributed by atoms with Crippen molar-refractivity contribution < 1.29 is 19.0 Å². The molecule has 1 N–H and O–H groups in total. The Kier molecular flexibility index (Phi) is 7.65. The first-order valence-electron chi connectivity index (χ1n) is 10.2. The van der Waals surface area contributed by atoms with Crippen LogP contribution in [0.1, 0.15) is 25.6 Å². The summed E-state index contributed by atoms with van der Waals surface area (Å²) in [5.74, 6) is 1.02. The van der Waals surface area contributed by atoms with Gasteiger partial charge in [0.1, 0.15) is 23.6 Å². The number of esters is 1. The van der Waals surface area contributed by atoms with E-state index in [2.05, 4.69) is 10.3 Å². The summed E-state index contributed by atoms with van der Waals surface area (Å²) in [6.07, 6.45) is -1.17. The number of hydrogen-bond acceptors (Lipinski definition) is 7. The molecule has 0 saturated carbocycles. The number of aromatic nitrogens is 1. The molecule has 0 aliphatic rings. The van der Waals surface area contributed by atoms with Crippen molar-refractivity contribution in [2.45, 2.75) is 26.0 Å². The topological polar surface area (TPSA) is 93.5 Å². The third-order valence-electron chi connectivity index (χ3n) is 4.66. The Morgan fingerprint density at radius 3 is 2.31 bits per heavy atom. The molecule has 1 aromatic heterocycles. The van der Waals surface area contributed by atoms with Gasteiger partial charge in [-0.1, -0.05) is 38.1 Å². The maximum absolute atomic E-state index is 12.9. The van der Waals surface area contributed by atoms with Crippen molar-refractivity contribution in [1.29, 1.82) is 5.26 Å². The second-order valence-corrected chi connectivity index (χ2v) is 7.36. The Hall–Kier alpha value is -4.05. The fourth-order valence-electron chi connectivity index (χ4n) is 2.95. The molecular formula is C25H25N3O4. The van der Waals surface area contributed by atoms with E-state index in [4.69, 9.17) is 14.2 Å². The third-order valence-corrected chi connectivity index (χ3v) is 4.66. The molecule has 2 aromatic carbocycles. The maximum Gasteiger partial charge on any atom is 0.330 e. The zero-order valence-electron chi connectivity index (χ0n) is 18.2. The highest BCUT2D eigenvalue weighted by atomic mass is 16.5. The van der Waals surface area contributed by atoms with E-state index in [9.17, 15) is 10.1 Å². The van der Waals surface area contributed by atoms with Crippen LogP contribution in [0.25, 0.3) is 0 Å². The number of anilines is 1. The number of para-hydroxylation sites is 1. The van der Waals surface area contributed by atoms with Crippen LogP contribution in [0.4, 0.5) is 5.69 Å². The largest absolute Gasteiger partial charge is 0.497 e. The van der Waals surface area contributed by atoms with Gasteiger partial charge in [0.25, 0.3) is 0 Å². The van der Waals surface area contributed by atoms with Crippen LogP contribution >= 0.6 is 0 Å². The van der Waals surface area contributed by atoms with E-state index < -0.39 is 18.1 Å². The van der Waals surface area contributed by atoms with Crippen LogP contribution in [0.15, 0.2) is 72.8 Å². The summed E-state index contributed by atoms with van der Waals surface area (Å²) >= 11 is 0. The van der Waals surface area contributed by atoms with Gasteiger partial charge in [0, 0.05) is 11.8 Å². The minimum atomic E-state index is -1.17. The van der Waals surface area contributed by atoms with E-state index in [0.717, 1.165) is 5.69 Å². The summed E-state index contributed by atoms with van der Waals surface area (Å²) in [4.78, 5) is 17.3. The summed E-state index contributed by atoms with van der Waals surface area (Å²) in [5, 5.41) is 12.8. The summed E-state index contributed by atoms with van der Waals surface area (Å²) in [7, 11) is 1.59. The highest BCUT2D eigenvalue weighted by Gasteiger charge is 2.28. The molecule has 3 rings (SSSR count). The minimum Gasteiger partial charge on any atom is -0.497 e. The van der Waals surface area contributed by atoms with Crippen LogP contribution in [0.3, 0.4) is 0 Å². The van der Waals surface area contributed by atoms with Crippen LogP contribution in [-0.4, -0.2) is 24.1 Å². The summed E-state index contributed by atoms with van der Waals surface area (Å²) in [5.41, 5.74) is 1.03. The van der Waals surface area contributed by atoms with E-state index >= 15 is 0 Å². The van der Waals surface area contributed by atoms with Gasteiger partial charge < -0.3 is 19.5 Å². The molecule has 2 atom stereocenters. The lowest BCUT2D eigenvalue weighted by atomic mass is 10.0. The van der Waals surface area contributed by atoms with Gasteiger partial charge in [0.05, 0.1) is 12.8 Å². The standard InChI is InChI=1S/C25H25N3O4/c1-17(2)24(27-18-12-14-19(30-3)15-13-18)25(29)32-22(16-26)21-10-7-11-23(28-21)31-20-8-5-4-6-9-20/h4-15,17,22,24,27H,1-3H3. The summed E-state index contributed by atoms with van der Waals surface area (Å²) < 4.78 is 16.4. The number of carbonyl (C=O) groups is 1. The smallest absolute Gasteiger partial charge is 0.330 e. The molecule has 0 radical (unpaired) electrons. The monoisotopic (exact) mass is 431 g/mol. The fraction of sp³-hybridized carbons (Fsp3) is 0.240. The molecule has 0 aliphatic heterocycles. The van der Waals surface area contributed by atoms with Crippen LogP contribution in [0.2, 0.25) is 0 Å². The number of ether oxygens (including phenoxy) is 3. The zero-order chi connectivity index (χ0) is 22.9. The molecule has 0 fully saturated rings. The van der Waals surface area contributed by atoms with Gasteiger partial charge >= 0.3 is 5.97 Å². The van der Waals surface area contributed by atoms with Crippen molar-refractivity contribution in [2.24, 2.45) is 5.92 Å². The SMILES string of the molecule is COc1ccc(NC(C(=O)OC(C#N)c2cccc(Oc3ccccc3)n2)C(C)C)cc1. The van der Waals surface area contributed by atoms with Crippen LogP contribution in [-0.2, 0) is 9.53 Å². The minimum absolute atomic E-state index is 0.0790. The number of methoxy groups -OCH3 is 1. The number of hydrogen-bond donors (Lipinski definition) is 1. The molecule has 2 unspecified atom stereocenters. The highest BCUT2D eigenvalue weighted by Crippen LogP contribution is 2.24. The van der Waals surface area contributed by atoms with Gasteiger partial charge in [-0.25, -0.2) is 9.78 Å². The van der Waals surface area contributed by atoms with E-state index in [1.54, 1.807) is 49.6 Å². The van der Waals surface area contributed by atoms with E-state index in [0.29, 0.717) is 23.1 Å². The molecule has 7 heteroatoms. The molecule has 0 aliphatic carbocycles. The molecule has 0 bridgehead atoms. The van der Waals surface area contributed by atoms with Gasteiger partial charge in [0.15, 0.2) is 0 Å². The van der Waals surface area contributed by atoms with E-state index in [1.807, 2.05) is 50.2 Å². The Bertz CT molecular complexity index is 1060. The lowest BCUT2D eigenvalue weighted by molar-refractivity contribution is -0.149. The summed E-state index contributed by atoms with van der Waals surface area (Å²) in [6.45, 7) is 3.80. The molecule has 1 heterocycles. The predicted octanol–water partition coefficient (Wildman–Crippen LogP) is 5.13. The number of nitrogens with zero attached hydrogens (tertiary/aromatic N) is 2. The first-order valence-corrected chi connectivity index (χ1v) is 10.2. The number of rotatable bonds is 9. The number of benzene rings is 2. The molecular weight excluding hydrogens is 406 g/mol. The second kappa shape index (κ2) is 10.8. The van der Waals surface area contributed by atoms with Crippen molar-refractivity contribution in [3.05, 3.63) is 78.5 Å². The predicted molar refractivity (Wildman–Crippen MR) is 120 cm³/mol. The van der Waals surface area contributed by atoms with Crippen molar-refractivity contribution in [3.63, 3.8) is 0 Å². The Balaban J connectivity index is 1.72. The normalized spacial score (nSPS) is 12.3. The van der Waals surface area contributed by atoms with Crippen molar-refractivity contribution in [1.82, 2.24) is 4.98 Å². The second-order valence-electron chi connectivity index (χ2n) is 7.36. The number of nitriles is 1. The quantitative estimate of drug-likeness (QED) is 0.470. The van der Waals surface area contributed by atoms with Crippen LogP contribution in [0, 0.1) is 17.2 Å². The van der Waals surface area contributed by atoms with Gasteiger partial charge in [-0.2, -0.15) is 5.26 Å². The van der Waals surface area contributed by atoms with Crippen molar-refractivity contribution in [3.8, 4) is 23.4 Å². The Morgan fingerprint density at radius 2 is 1.69 bits per heavy atom. The molecule has 0 saturated heterocycles. The first-order chi connectivity index (χ1) is 15.5. The Morgan fingerprint density at radius 1 is 0.969 bits per heavy atom. The van der Waals surface area contributed by atoms with Crippen molar-refractivity contribution >= 4 is 11.7 Å². The van der Waals surface area contributed by atoms with Crippen molar-refractivity contribution in [2.75, 3.05) is 12.4 Å². The lowest BCUT2D eigenvalue weighted by Crippen LogP contribution is -2.36. The van der Waals surface area contributed by atoms with Gasteiger partial charge in [-0.3, -0.25) is 0 Å².